The molecule has 0 saturated heterocycles. The highest BCUT2D eigenvalue weighted by molar-refractivity contribution is 5.45. The summed E-state index contributed by atoms with van der Waals surface area (Å²) in [5.41, 5.74) is 6.67. The van der Waals surface area contributed by atoms with Crippen molar-refractivity contribution in [1.82, 2.24) is 0 Å². The Bertz CT molecular complexity index is 816. The van der Waals surface area contributed by atoms with Crippen molar-refractivity contribution < 1.29 is 14.2 Å². The Labute approximate surface area is 161 Å². The summed E-state index contributed by atoms with van der Waals surface area (Å²) in [5, 5.41) is 10.4. The average Bonchev–Trinajstić information content (AvgIpc) is 3.13. The third kappa shape index (κ3) is 3.81. The molecule has 1 fully saturated rings. The molecule has 0 bridgehead atoms. The molecule has 0 aromatic heterocycles. The molecule has 2 aliphatic rings. The third-order valence-electron chi connectivity index (χ3n) is 6.52. The number of aliphatic hydroxyl groups is 1. The topological polar surface area (TPSA) is 29.5 Å². The number of aryl methyl sites for hydroxylation is 1. The first-order valence-electron chi connectivity index (χ1n) is 10.1. The van der Waals surface area contributed by atoms with Gasteiger partial charge in [-0.2, -0.15) is 0 Å². The van der Waals surface area contributed by atoms with Crippen LogP contribution in [0.2, 0.25) is 0 Å². The Hall–Kier alpha value is -1.71. The van der Waals surface area contributed by atoms with Gasteiger partial charge in [-0.15, -0.1) is 0 Å². The molecule has 4 unspecified atom stereocenters. The van der Waals surface area contributed by atoms with Crippen LogP contribution in [0, 0.1) is 11.7 Å². The van der Waals surface area contributed by atoms with Gasteiger partial charge in [0.1, 0.15) is 5.82 Å². The van der Waals surface area contributed by atoms with E-state index in [1.807, 2.05) is 6.07 Å². The van der Waals surface area contributed by atoms with Crippen molar-refractivity contribution >= 4 is 0 Å². The zero-order valence-electron chi connectivity index (χ0n) is 16.2. The van der Waals surface area contributed by atoms with Crippen molar-refractivity contribution in [3.8, 4) is 0 Å². The smallest absolute Gasteiger partial charge is 0.123 e. The van der Waals surface area contributed by atoms with Crippen LogP contribution in [-0.4, -0.2) is 24.4 Å². The number of hydrogen-bond acceptors (Lipinski definition) is 2. The largest absolute Gasteiger partial charge is 0.390 e. The molecule has 4 rings (SSSR count). The number of halogens is 1. The predicted molar refractivity (Wildman–Crippen MR) is 106 cm³/mol. The molecular weight excluding hydrogens is 339 g/mol. The summed E-state index contributed by atoms with van der Waals surface area (Å²) in [5.74, 6) is 0.470. The van der Waals surface area contributed by atoms with Crippen LogP contribution in [0.4, 0.5) is 4.39 Å². The fourth-order valence-corrected chi connectivity index (χ4v) is 5.06. The molecular formula is C24H29FO2. The van der Waals surface area contributed by atoms with Gasteiger partial charge in [0.25, 0.3) is 0 Å². The number of aliphatic hydroxyl groups excluding tert-OH is 1. The number of methoxy groups -OCH3 is 1. The van der Waals surface area contributed by atoms with E-state index in [0.717, 1.165) is 37.7 Å². The Morgan fingerprint density at radius 2 is 2.00 bits per heavy atom. The number of ether oxygens (including phenoxy) is 1. The Kier molecular flexibility index (Phi) is 5.34. The second-order valence-corrected chi connectivity index (χ2v) is 8.39. The maximum Gasteiger partial charge on any atom is 0.123 e. The van der Waals surface area contributed by atoms with E-state index in [0.29, 0.717) is 5.92 Å². The summed E-state index contributed by atoms with van der Waals surface area (Å²) < 4.78 is 19.2. The SMILES string of the molecule is COC1CC(c2cc3c(c(Cc4cccc(F)c4)c2)CCC3)CC(C)C1O. The van der Waals surface area contributed by atoms with Crippen LogP contribution in [0.3, 0.4) is 0 Å². The summed E-state index contributed by atoms with van der Waals surface area (Å²) >= 11 is 0. The van der Waals surface area contributed by atoms with Crippen LogP contribution in [0.5, 0.6) is 0 Å². The van der Waals surface area contributed by atoms with Gasteiger partial charge < -0.3 is 9.84 Å². The van der Waals surface area contributed by atoms with E-state index in [4.69, 9.17) is 4.74 Å². The van der Waals surface area contributed by atoms with Gasteiger partial charge in [-0.05, 0) is 90.3 Å². The molecule has 4 atom stereocenters. The molecule has 0 spiro atoms. The minimum absolute atomic E-state index is 0.0985. The van der Waals surface area contributed by atoms with Gasteiger partial charge in [-0.3, -0.25) is 0 Å². The molecule has 0 heterocycles. The molecule has 27 heavy (non-hydrogen) atoms. The van der Waals surface area contributed by atoms with Crippen LogP contribution in [0.15, 0.2) is 36.4 Å². The van der Waals surface area contributed by atoms with Crippen LogP contribution in [0.1, 0.15) is 59.9 Å². The number of rotatable bonds is 4. The van der Waals surface area contributed by atoms with Gasteiger partial charge in [-0.1, -0.05) is 31.2 Å². The Balaban J connectivity index is 1.66. The molecule has 0 amide bonds. The molecule has 144 valence electrons. The van der Waals surface area contributed by atoms with Gasteiger partial charge in [0.15, 0.2) is 0 Å². The average molecular weight is 368 g/mol. The lowest BCUT2D eigenvalue weighted by molar-refractivity contribution is -0.0674. The number of benzene rings is 2. The number of fused-ring (bicyclic) bond motifs is 1. The first-order valence-corrected chi connectivity index (χ1v) is 10.1. The van der Waals surface area contributed by atoms with Crippen LogP contribution in [0.25, 0.3) is 0 Å². The van der Waals surface area contributed by atoms with Gasteiger partial charge >= 0.3 is 0 Å². The zero-order chi connectivity index (χ0) is 19.0. The van der Waals surface area contributed by atoms with E-state index in [2.05, 4.69) is 19.1 Å². The highest BCUT2D eigenvalue weighted by Gasteiger charge is 2.35. The van der Waals surface area contributed by atoms with Crippen LogP contribution in [-0.2, 0) is 24.0 Å². The summed E-state index contributed by atoms with van der Waals surface area (Å²) in [6.07, 6.45) is 5.62. The first-order chi connectivity index (χ1) is 13.0. The molecule has 2 aromatic rings. The van der Waals surface area contributed by atoms with Gasteiger partial charge in [-0.25, -0.2) is 4.39 Å². The first kappa shape index (κ1) is 18.6. The summed E-state index contributed by atoms with van der Waals surface area (Å²) in [7, 11) is 1.70. The Morgan fingerprint density at radius 3 is 2.78 bits per heavy atom. The Morgan fingerprint density at radius 1 is 1.15 bits per heavy atom. The standard InChI is InChI=1S/C24H29FO2/c1-15-9-18(14-23(27-2)24(15)26)19-12-17-6-4-8-22(17)20(13-19)10-16-5-3-7-21(25)11-16/h3,5,7,11-13,15,18,23-24,26H,4,6,8-10,14H2,1-2H3. The highest BCUT2D eigenvalue weighted by atomic mass is 19.1. The van der Waals surface area contributed by atoms with E-state index in [1.54, 1.807) is 19.2 Å². The predicted octanol–water partition coefficient (Wildman–Crippen LogP) is 4.79. The molecule has 1 saturated carbocycles. The zero-order valence-corrected chi connectivity index (χ0v) is 16.2. The summed E-state index contributed by atoms with van der Waals surface area (Å²) in [4.78, 5) is 0. The monoisotopic (exact) mass is 368 g/mol. The maximum absolute atomic E-state index is 13.6. The lowest BCUT2D eigenvalue weighted by atomic mass is 9.74. The van der Waals surface area contributed by atoms with E-state index < -0.39 is 0 Å². The van der Waals surface area contributed by atoms with E-state index in [1.165, 1.54) is 34.7 Å². The van der Waals surface area contributed by atoms with E-state index in [9.17, 15) is 9.50 Å². The minimum Gasteiger partial charge on any atom is -0.390 e. The highest BCUT2D eigenvalue weighted by Crippen LogP contribution is 2.40. The third-order valence-corrected chi connectivity index (χ3v) is 6.52. The molecule has 3 heteroatoms. The van der Waals surface area contributed by atoms with Crippen molar-refractivity contribution in [2.45, 2.75) is 63.6 Å². The van der Waals surface area contributed by atoms with Gasteiger partial charge in [0, 0.05) is 7.11 Å². The summed E-state index contributed by atoms with van der Waals surface area (Å²) in [6.45, 7) is 2.11. The van der Waals surface area contributed by atoms with E-state index >= 15 is 0 Å². The fraction of sp³-hybridized carbons (Fsp3) is 0.500. The molecule has 0 radical (unpaired) electrons. The second-order valence-electron chi connectivity index (χ2n) is 8.39. The minimum atomic E-state index is -0.382. The normalized spacial score (nSPS) is 27.6. The van der Waals surface area contributed by atoms with Crippen molar-refractivity contribution in [1.29, 1.82) is 0 Å². The van der Waals surface area contributed by atoms with Crippen molar-refractivity contribution in [2.24, 2.45) is 5.92 Å². The lowest BCUT2D eigenvalue weighted by Crippen LogP contribution is -2.40. The van der Waals surface area contributed by atoms with Crippen molar-refractivity contribution in [3.05, 3.63) is 70.0 Å². The van der Waals surface area contributed by atoms with Crippen molar-refractivity contribution in [2.75, 3.05) is 7.11 Å². The molecule has 2 aromatic carbocycles. The molecule has 2 aliphatic carbocycles. The lowest BCUT2D eigenvalue weighted by Gasteiger charge is -2.37. The van der Waals surface area contributed by atoms with Gasteiger partial charge in [0.05, 0.1) is 12.2 Å². The van der Waals surface area contributed by atoms with E-state index in [-0.39, 0.29) is 23.9 Å². The fourth-order valence-electron chi connectivity index (χ4n) is 5.06. The number of hydrogen-bond donors (Lipinski definition) is 1. The van der Waals surface area contributed by atoms with Crippen LogP contribution < -0.4 is 0 Å². The van der Waals surface area contributed by atoms with Gasteiger partial charge in [0.2, 0.25) is 0 Å². The van der Waals surface area contributed by atoms with Crippen LogP contribution >= 0.6 is 0 Å². The second kappa shape index (κ2) is 7.73. The molecule has 1 N–H and O–H groups in total. The summed E-state index contributed by atoms with van der Waals surface area (Å²) in [6, 6.07) is 11.7. The van der Waals surface area contributed by atoms with Crippen molar-refractivity contribution in [3.63, 3.8) is 0 Å². The maximum atomic E-state index is 13.6. The quantitative estimate of drug-likeness (QED) is 0.840. The molecule has 0 aliphatic heterocycles. The molecule has 2 nitrogen and oxygen atoms in total.